The van der Waals surface area contributed by atoms with Crippen LogP contribution in [0.15, 0.2) is 24.3 Å². The predicted molar refractivity (Wildman–Crippen MR) is 113 cm³/mol. The fourth-order valence-electron chi connectivity index (χ4n) is 3.08. The van der Waals surface area contributed by atoms with Crippen molar-refractivity contribution in [3.8, 4) is 5.75 Å². The van der Waals surface area contributed by atoms with Crippen LogP contribution in [0, 0.1) is 5.82 Å². The van der Waals surface area contributed by atoms with Crippen LogP contribution < -0.4 is 10.1 Å². The Morgan fingerprint density at radius 3 is 2.62 bits per heavy atom. The zero-order chi connectivity index (χ0) is 20.1. The van der Waals surface area contributed by atoms with E-state index in [0.29, 0.717) is 16.3 Å². The Hall–Kier alpha value is -2.16. The second-order valence-electron chi connectivity index (χ2n) is 6.34. The van der Waals surface area contributed by atoms with Crippen LogP contribution in [0.4, 0.5) is 9.39 Å². The number of ether oxygens (including phenoxy) is 2. The van der Waals surface area contributed by atoms with Gasteiger partial charge in [-0.1, -0.05) is 6.92 Å². The molecule has 0 saturated carbocycles. The third-order valence-electron chi connectivity index (χ3n) is 4.50. The molecule has 158 valence electrons. The van der Waals surface area contributed by atoms with Crippen LogP contribution in [0.2, 0.25) is 0 Å². The molecule has 0 atom stereocenters. The molecule has 1 aromatic carbocycles. The normalized spacial score (nSPS) is 13.2. The Morgan fingerprint density at radius 2 is 1.97 bits per heavy atom. The smallest absolute Gasteiger partial charge is 0.341 e. The van der Waals surface area contributed by atoms with Gasteiger partial charge in [0.1, 0.15) is 16.6 Å². The third-order valence-corrected chi connectivity index (χ3v) is 5.63. The zero-order valence-electron chi connectivity index (χ0n) is 16.3. The lowest BCUT2D eigenvalue weighted by Gasteiger charge is -2.25. The first-order valence-corrected chi connectivity index (χ1v) is 10.1. The number of hydrogen-bond donors (Lipinski definition) is 1. The molecule has 0 aliphatic carbocycles. The molecule has 0 unspecified atom stereocenters. The van der Waals surface area contributed by atoms with Crippen molar-refractivity contribution < 1.29 is 23.5 Å². The lowest BCUT2D eigenvalue weighted by molar-refractivity contribution is -0.118. The Kier molecular flexibility index (Phi) is 8.43. The number of amides is 1. The van der Waals surface area contributed by atoms with E-state index in [1.54, 1.807) is 6.92 Å². The molecule has 0 spiro atoms. The summed E-state index contributed by atoms with van der Waals surface area (Å²) in [5.74, 6) is -0.784. The predicted octanol–water partition coefficient (Wildman–Crippen LogP) is 3.88. The van der Waals surface area contributed by atoms with Crippen LogP contribution in [0.3, 0.4) is 0 Å². The number of nitrogens with zero attached hydrogens (tertiary/aromatic N) is 1. The van der Waals surface area contributed by atoms with Gasteiger partial charge in [0.25, 0.3) is 5.91 Å². The molecule has 2 heterocycles. The first-order valence-electron chi connectivity index (χ1n) is 9.24. The van der Waals surface area contributed by atoms with Crippen LogP contribution in [0.5, 0.6) is 5.75 Å². The van der Waals surface area contributed by atoms with Gasteiger partial charge >= 0.3 is 5.97 Å². The van der Waals surface area contributed by atoms with E-state index in [-0.39, 0.29) is 37.3 Å². The van der Waals surface area contributed by atoms with Gasteiger partial charge in [0.15, 0.2) is 6.61 Å². The van der Waals surface area contributed by atoms with Crippen molar-refractivity contribution in [2.24, 2.45) is 0 Å². The molecule has 0 bridgehead atoms. The Labute approximate surface area is 179 Å². The van der Waals surface area contributed by atoms with Gasteiger partial charge in [-0.05, 0) is 49.7 Å². The molecule has 0 saturated heterocycles. The number of anilines is 1. The van der Waals surface area contributed by atoms with Gasteiger partial charge in [0, 0.05) is 18.0 Å². The monoisotopic (exact) mass is 442 g/mol. The maximum atomic E-state index is 12.9. The van der Waals surface area contributed by atoms with Gasteiger partial charge in [-0.2, -0.15) is 0 Å². The van der Waals surface area contributed by atoms with E-state index < -0.39 is 5.97 Å². The van der Waals surface area contributed by atoms with Crippen molar-refractivity contribution in [2.45, 2.75) is 26.8 Å². The zero-order valence-corrected chi connectivity index (χ0v) is 18.0. The van der Waals surface area contributed by atoms with Crippen LogP contribution in [0.25, 0.3) is 0 Å². The Balaban J connectivity index is 0.00000300. The summed E-state index contributed by atoms with van der Waals surface area (Å²) >= 11 is 1.41. The second kappa shape index (κ2) is 10.6. The average Bonchev–Trinajstić information content (AvgIpc) is 3.04. The lowest BCUT2D eigenvalue weighted by Crippen LogP contribution is -2.30. The fourth-order valence-corrected chi connectivity index (χ4v) is 4.37. The molecule has 0 fully saturated rings. The quantitative estimate of drug-likeness (QED) is 0.659. The minimum Gasteiger partial charge on any atom is -0.484 e. The number of likely N-dealkylation sites (N-methyl/N-ethyl adjacent to an activating group) is 1. The maximum absolute atomic E-state index is 12.9. The largest absolute Gasteiger partial charge is 0.484 e. The van der Waals surface area contributed by atoms with Gasteiger partial charge in [-0.15, -0.1) is 23.7 Å². The number of halogens is 2. The minimum absolute atomic E-state index is 0. The molecule has 2 aromatic rings. The van der Waals surface area contributed by atoms with Crippen molar-refractivity contribution in [1.29, 1.82) is 0 Å². The van der Waals surface area contributed by atoms with Gasteiger partial charge in [0.2, 0.25) is 0 Å². The van der Waals surface area contributed by atoms with Crippen molar-refractivity contribution in [1.82, 2.24) is 4.90 Å². The van der Waals surface area contributed by atoms with Gasteiger partial charge in [-0.3, -0.25) is 9.69 Å². The Bertz CT molecular complexity index is 857. The molecule has 29 heavy (non-hydrogen) atoms. The first-order chi connectivity index (χ1) is 13.5. The average molecular weight is 443 g/mol. The summed E-state index contributed by atoms with van der Waals surface area (Å²) in [5, 5.41) is 3.28. The van der Waals surface area contributed by atoms with Crippen molar-refractivity contribution >= 4 is 40.6 Å². The number of esters is 1. The van der Waals surface area contributed by atoms with Crippen LogP contribution >= 0.6 is 23.7 Å². The van der Waals surface area contributed by atoms with Crippen molar-refractivity contribution in [2.75, 3.05) is 31.6 Å². The molecular weight excluding hydrogens is 419 g/mol. The van der Waals surface area contributed by atoms with E-state index in [0.717, 1.165) is 36.5 Å². The van der Waals surface area contributed by atoms with Crippen molar-refractivity contribution in [3.63, 3.8) is 0 Å². The Morgan fingerprint density at radius 1 is 1.24 bits per heavy atom. The number of hydrogen-bond acceptors (Lipinski definition) is 6. The molecule has 1 aliphatic heterocycles. The highest BCUT2D eigenvalue weighted by molar-refractivity contribution is 7.17. The van der Waals surface area contributed by atoms with Crippen LogP contribution in [-0.2, 0) is 22.5 Å². The van der Waals surface area contributed by atoms with E-state index in [2.05, 4.69) is 17.1 Å². The van der Waals surface area contributed by atoms with Gasteiger partial charge in [-0.25, -0.2) is 9.18 Å². The fraction of sp³-hybridized carbons (Fsp3) is 0.400. The number of rotatable bonds is 7. The van der Waals surface area contributed by atoms with E-state index >= 15 is 0 Å². The molecule has 9 heteroatoms. The third kappa shape index (κ3) is 5.68. The first kappa shape index (κ1) is 23.1. The van der Waals surface area contributed by atoms with E-state index in [9.17, 15) is 14.0 Å². The number of thiophene rings is 1. The standard InChI is InChI=1S/C20H23FN2O4S.ClH/c1-3-23-10-9-15-16(11-23)28-19(18(15)20(25)26-4-2)22-17(24)12-27-14-7-5-13(21)6-8-14;/h5-8H,3-4,9-12H2,1-2H3,(H,22,24);1H. The summed E-state index contributed by atoms with van der Waals surface area (Å²) in [5.41, 5.74) is 1.41. The molecular formula is C20H24ClFN2O4S. The van der Waals surface area contributed by atoms with Crippen molar-refractivity contribution in [3.05, 3.63) is 46.1 Å². The molecule has 0 radical (unpaired) electrons. The van der Waals surface area contributed by atoms with E-state index in [4.69, 9.17) is 9.47 Å². The van der Waals surface area contributed by atoms with Gasteiger partial charge < -0.3 is 14.8 Å². The highest BCUT2D eigenvalue weighted by Crippen LogP contribution is 2.37. The number of carbonyl (C=O) groups excluding carboxylic acids is 2. The molecule has 3 rings (SSSR count). The molecule has 1 N–H and O–H groups in total. The number of nitrogens with one attached hydrogen (secondary N) is 1. The summed E-state index contributed by atoms with van der Waals surface area (Å²) in [7, 11) is 0. The summed E-state index contributed by atoms with van der Waals surface area (Å²) in [6, 6.07) is 5.43. The number of carbonyl (C=O) groups is 2. The summed E-state index contributed by atoms with van der Waals surface area (Å²) in [4.78, 5) is 28.2. The highest BCUT2D eigenvalue weighted by Gasteiger charge is 2.29. The molecule has 6 nitrogen and oxygen atoms in total. The SMILES string of the molecule is CCOC(=O)c1c(NC(=O)COc2ccc(F)cc2)sc2c1CCN(CC)C2.Cl. The number of benzene rings is 1. The molecule has 1 aliphatic rings. The van der Waals surface area contributed by atoms with Crippen LogP contribution in [0.1, 0.15) is 34.6 Å². The molecule has 1 amide bonds. The van der Waals surface area contributed by atoms with Crippen LogP contribution in [-0.4, -0.2) is 43.1 Å². The highest BCUT2D eigenvalue weighted by atomic mass is 35.5. The van der Waals surface area contributed by atoms with Gasteiger partial charge in [0.05, 0.1) is 12.2 Å². The summed E-state index contributed by atoms with van der Waals surface area (Å²) < 4.78 is 23.5. The lowest BCUT2D eigenvalue weighted by atomic mass is 10.0. The second-order valence-corrected chi connectivity index (χ2v) is 7.44. The summed E-state index contributed by atoms with van der Waals surface area (Å²) in [6.07, 6.45) is 0.746. The minimum atomic E-state index is -0.417. The molecule has 1 aromatic heterocycles. The maximum Gasteiger partial charge on any atom is 0.341 e. The van der Waals surface area contributed by atoms with E-state index in [1.165, 1.54) is 35.6 Å². The van der Waals surface area contributed by atoms with E-state index in [1.807, 2.05) is 0 Å². The summed E-state index contributed by atoms with van der Waals surface area (Å²) in [6.45, 7) is 6.44. The number of fused-ring (bicyclic) bond motifs is 1. The topological polar surface area (TPSA) is 67.9 Å².